The maximum atomic E-state index is 4.45. The standard InChI is InChI=1S/5C9H16N2.3C8H15N3/c1-7(2)9-5-11(6-10-9)8(3)4;2*1-7(2)9-5-6-11(10-9)8(3)4;2*1-6(2)8-5-10-9(11-8)7(3)4;1-6(2)8-9-5-11(10-8)7(3)4;1-6(2)8-5-9-11(10-8)7(3)4;1-5(2)7-9-8(6(3)4)11-10-7/h3*5-8H,1-4H3;6-7H,5H2,1-4H3;5-7H,1-4H3,(H,10,11);2*5-7H,1-4H3;5-6H,1-4H3,(H,9,10,11). The summed E-state index contributed by atoms with van der Waals surface area (Å²) in [6, 6.07) is 6.42. The van der Waals surface area contributed by atoms with Crippen LogP contribution in [0.2, 0.25) is 0 Å². The van der Waals surface area contributed by atoms with E-state index in [-0.39, 0.29) is 0 Å². The molecule has 88 heavy (non-hydrogen) atoms. The van der Waals surface area contributed by atoms with Crippen molar-refractivity contribution in [3.05, 3.63) is 108 Å². The molecule has 0 amide bonds. The SMILES string of the molecule is CC(C)C1=NC(C(C)C)=NC1.CC(C)c1ccn(C(C)C)n1.CC(C)c1ccn(C(C)C)n1.CC(C)c1cn(C(C)C)cn1.CC(C)c1cnc(C(C)C)[nH]1.CC(C)c1cnn(C(C)C)n1.CC(C)c1n[nH]c(C(C)C)n1.CC(C)c1ncn(C(C)C)n1. The lowest BCUT2D eigenvalue weighted by molar-refractivity contribution is 0.461. The topological polar surface area (TPSA) is 210 Å². The monoisotopic (exact) mass is 1220 g/mol. The van der Waals surface area contributed by atoms with Gasteiger partial charge in [-0.2, -0.15) is 35.4 Å². The highest BCUT2D eigenvalue weighted by molar-refractivity contribution is 6.05. The lowest BCUT2D eigenvalue weighted by atomic mass is 10.1. The molecule has 0 saturated heterocycles. The second-order valence-electron chi connectivity index (χ2n) is 27.6. The molecule has 19 nitrogen and oxygen atoms in total. The van der Waals surface area contributed by atoms with Gasteiger partial charge >= 0.3 is 0 Å². The number of imidazole rings is 2. The molecule has 2 N–H and O–H groups in total. The molecule has 8 rings (SSSR count). The Balaban J connectivity index is 0.000000503. The number of aromatic nitrogens is 17. The van der Waals surface area contributed by atoms with E-state index in [9.17, 15) is 0 Å². The summed E-state index contributed by atoms with van der Waals surface area (Å²) in [4.78, 5) is 31.0. The van der Waals surface area contributed by atoms with Gasteiger partial charge in [0.15, 0.2) is 11.6 Å². The van der Waals surface area contributed by atoms with Crippen molar-refractivity contribution in [3.63, 3.8) is 0 Å². The Bertz CT molecular complexity index is 2310. The number of aromatic amines is 2. The Morgan fingerprint density at radius 1 is 0.398 bits per heavy atom. The first-order chi connectivity index (χ1) is 40.9. The van der Waals surface area contributed by atoms with Gasteiger partial charge in [0.1, 0.15) is 23.8 Å². The zero-order chi connectivity index (χ0) is 67.4. The molecule has 0 unspecified atom stereocenters. The molecule has 0 aliphatic carbocycles. The molecular formula is C69H125N19. The van der Waals surface area contributed by atoms with Crippen molar-refractivity contribution in [3.8, 4) is 0 Å². The number of rotatable bonds is 16. The predicted molar refractivity (Wildman–Crippen MR) is 370 cm³/mol. The average molecular weight is 1220 g/mol. The van der Waals surface area contributed by atoms with Crippen LogP contribution in [0.3, 0.4) is 0 Å². The van der Waals surface area contributed by atoms with Gasteiger partial charge in [0, 0.05) is 89.9 Å². The molecule has 7 aromatic rings. The maximum absolute atomic E-state index is 4.45. The maximum Gasteiger partial charge on any atom is 0.153 e. The highest BCUT2D eigenvalue weighted by atomic mass is 15.5. The van der Waals surface area contributed by atoms with E-state index in [1.165, 1.54) is 28.5 Å². The van der Waals surface area contributed by atoms with Crippen LogP contribution in [0.5, 0.6) is 0 Å². The summed E-state index contributed by atoms with van der Waals surface area (Å²) in [5.74, 6) is 10.4. The van der Waals surface area contributed by atoms with E-state index in [0.717, 1.165) is 41.4 Å². The van der Waals surface area contributed by atoms with Gasteiger partial charge < -0.3 is 9.55 Å². The fourth-order valence-electron chi connectivity index (χ4n) is 7.18. The highest BCUT2D eigenvalue weighted by Crippen LogP contribution is 2.19. The van der Waals surface area contributed by atoms with Gasteiger partial charge in [-0.05, 0) is 117 Å². The van der Waals surface area contributed by atoms with E-state index in [0.29, 0.717) is 95.3 Å². The Morgan fingerprint density at radius 2 is 0.898 bits per heavy atom. The minimum absolute atomic E-state index is 0.363. The van der Waals surface area contributed by atoms with Gasteiger partial charge in [0.2, 0.25) is 0 Å². The molecular weight excluding hydrogens is 1090 g/mol. The third-order valence-corrected chi connectivity index (χ3v) is 13.7. The number of hydrogen-bond donors (Lipinski definition) is 2. The van der Waals surface area contributed by atoms with E-state index >= 15 is 0 Å². The van der Waals surface area contributed by atoms with E-state index in [2.05, 4.69) is 315 Å². The highest BCUT2D eigenvalue weighted by Gasteiger charge is 2.16. The molecule has 7 aromatic heterocycles. The summed E-state index contributed by atoms with van der Waals surface area (Å²) in [5.41, 5.74) is 7.07. The number of nitrogens with one attached hydrogen (secondary N) is 2. The van der Waals surface area contributed by atoms with Crippen molar-refractivity contribution in [1.82, 2.24) is 84.0 Å². The van der Waals surface area contributed by atoms with E-state index < -0.39 is 0 Å². The first-order valence-corrected chi connectivity index (χ1v) is 32.9. The van der Waals surface area contributed by atoms with Crippen LogP contribution in [0.15, 0.2) is 65.8 Å². The first-order valence-electron chi connectivity index (χ1n) is 32.9. The number of nitrogens with zero attached hydrogens (tertiary/aromatic N) is 17. The molecule has 1 aliphatic rings. The van der Waals surface area contributed by atoms with Crippen LogP contribution in [0.25, 0.3) is 0 Å². The van der Waals surface area contributed by atoms with Gasteiger partial charge in [-0.1, -0.05) is 152 Å². The lowest BCUT2D eigenvalue weighted by Gasteiger charge is -2.04. The summed E-state index contributed by atoms with van der Waals surface area (Å²) in [7, 11) is 0. The summed E-state index contributed by atoms with van der Waals surface area (Å²) in [6.45, 7) is 69.0. The fraction of sp³-hybridized carbons (Fsp3) is 0.710. The largest absolute Gasteiger partial charge is 0.345 e. The van der Waals surface area contributed by atoms with Crippen molar-refractivity contribution in [2.24, 2.45) is 21.8 Å². The van der Waals surface area contributed by atoms with Crippen LogP contribution < -0.4 is 0 Å². The molecule has 8 heterocycles. The summed E-state index contributed by atoms with van der Waals surface area (Å²) in [5, 5.41) is 28.7. The zero-order valence-electron chi connectivity index (χ0n) is 61.2. The molecule has 0 atom stereocenters. The van der Waals surface area contributed by atoms with Gasteiger partial charge in [-0.3, -0.25) is 24.1 Å². The molecule has 19 heteroatoms. The minimum Gasteiger partial charge on any atom is -0.345 e. The quantitative estimate of drug-likeness (QED) is 0.0935. The van der Waals surface area contributed by atoms with E-state index in [1.807, 2.05) is 45.2 Å². The average Bonchev–Trinajstić information content (AvgIpc) is 4.54. The number of aliphatic imine (C=N–C) groups is 2. The first kappa shape index (κ1) is 79.6. The lowest BCUT2D eigenvalue weighted by Crippen LogP contribution is -2.08. The van der Waals surface area contributed by atoms with Gasteiger partial charge in [0.05, 0.1) is 47.9 Å². The normalized spacial score (nSPS) is 12.2. The second kappa shape index (κ2) is 39.6. The molecule has 0 aromatic carbocycles. The van der Waals surface area contributed by atoms with Crippen LogP contribution in [-0.2, 0) is 0 Å². The molecule has 496 valence electrons. The summed E-state index contributed by atoms with van der Waals surface area (Å²) >= 11 is 0. The Hall–Kier alpha value is -6.40. The van der Waals surface area contributed by atoms with E-state index in [1.54, 1.807) is 11.1 Å². The van der Waals surface area contributed by atoms with Crippen LogP contribution in [0.4, 0.5) is 0 Å². The molecule has 0 spiro atoms. The summed E-state index contributed by atoms with van der Waals surface area (Å²) < 4.78 is 8.01. The third-order valence-electron chi connectivity index (χ3n) is 13.7. The third kappa shape index (κ3) is 29.3. The van der Waals surface area contributed by atoms with Crippen LogP contribution >= 0.6 is 0 Å². The molecule has 0 fully saturated rings. The number of amidine groups is 1. The molecule has 0 radical (unpaired) electrons. The zero-order valence-corrected chi connectivity index (χ0v) is 61.2. The van der Waals surface area contributed by atoms with Crippen LogP contribution in [0, 0.1) is 11.8 Å². The second-order valence-corrected chi connectivity index (χ2v) is 27.6. The van der Waals surface area contributed by atoms with Crippen molar-refractivity contribution >= 4 is 11.5 Å². The Kier molecular flexibility index (Phi) is 35.8. The predicted octanol–water partition coefficient (Wildman–Crippen LogP) is 18.6. The molecule has 0 saturated carbocycles. The van der Waals surface area contributed by atoms with E-state index in [4.69, 9.17) is 0 Å². The fourth-order valence-corrected chi connectivity index (χ4v) is 7.18. The molecule has 0 bridgehead atoms. The van der Waals surface area contributed by atoms with Crippen LogP contribution in [-0.4, -0.2) is 102 Å². The summed E-state index contributed by atoms with van der Waals surface area (Å²) in [6.07, 6.45) is 13.7. The van der Waals surface area contributed by atoms with Crippen molar-refractivity contribution < 1.29 is 0 Å². The number of hydrogen-bond acceptors (Lipinski definition) is 12. The minimum atomic E-state index is 0.363. The Morgan fingerprint density at radius 3 is 1.14 bits per heavy atom. The van der Waals surface area contributed by atoms with Gasteiger partial charge in [-0.25, -0.2) is 24.9 Å². The number of H-pyrrole nitrogens is 2. The van der Waals surface area contributed by atoms with Gasteiger partial charge in [-0.15, -0.1) is 0 Å². The Labute approximate surface area is 534 Å². The molecule has 1 aliphatic heterocycles. The van der Waals surface area contributed by atoms with Crippen LogP contribution in [0.1, 0.15) is 357 Å². The van der Waals surface area contributed by atoms with Gasteiger partial charge in [0.25, 0.3) is 0 Å². The van der Waals surface area contributed by atoms with Crippen molar-refractivity contribution in [2.45, 2.75) is 305 Å². The smallest absolute Gasteiger partial charge is 0.153 e. The van der Waals surface area contributed by atoms with Crippen molar-refractivity contribution in [2.75, 3.05) is 6.54 Å². The van der Waals surface area contributed by atoms with Crippen molar-refractivity contribution in [1.29, 1.82) is 0 Å².